The minimum absolute atomic E-state index is 0.666. The van der Waals surface area contributed by atoms with Gasteiger partial charge in [-0.1, -0.05) is 13.8 Å². The van der Waals surface area contributed by atoms with Gasteiger partial charge in [-0.25, -0.2) is 9.67 Å². The summed E-state index contributed by atoms with van der Waals surface area (Å²) in [7, 11) is 0. The summed E-state index contributed by atoms with van der Waals surface area (Å²) >= 11 is 0. The molecule has 2 aromatic heterocycles. The van der Waals surface area contributed by atoms with E-state index in [1.165, 1.54) is 24.1 Å². The van der Waals surface area contributed by atoms with Crippen LogP contribution < -0.4 is 5.32 Å². The monoisotopic (exact) mass is 284 g/mol. The second kappa shape index (κ2) is 5.98. The summed E-state index contributed by atoms with van der Waals surface area (Å²) in [5.74, 6) is 2.27. The molecule has 0 radical (unpaired) electrons. The van der Waals surface area contributed by atoms with Crippen LogP contribution in [0.4, 0.5) is 0 Å². The van der Waals surface area contributed by atoms with Gasteiger partial charge in [0.2, 0.25) is 0 Å². The second-order valence-electron chi connectivity index (χ2n) is 6.46. The lowest BCUT2D eigenvalue weighted by Gasteiger charge is -2.10. The highest BCUT2D eigenvalue weighted by molar-refractivity contribution is 5.31. The number of hydrogen-bond acceptors (Lipinski definition) is 3. The Balaban J connectivity index is 1.76. The van der Waals surface area contributed by atoms with E-state index < -0.39 is 0 Å². The van der Waals surface area contributed by atoms with E-state index in [9.17, 15) is 0 Å². The van der Waals surface area contributed by atoms with Crippen molar-refractivity contribution in [1.82, 2.24) is 20.1 Å². The van der Waals surface area contributed by atoms with E-state index in [4.69, 9.17) is 0 Å². The summed E-state index contributed by atoms with van der Waals surface area (Å²) in [5.41, 5.74) is 3.51. The lowest BCUT2D eigenvalue weighted by atomic mass is 10.2. The molecule has 4 nitrogen and oxygen atoms in total. The van der Waals surface area contributed by atoms with Gasteiger partial charge in [-0.15, -0.1) is 0 Å². The Hall–Kier alpha value is -1.68. The molecule has 0 aromatic carbocycles. The van der Waals surface area contributed by atoms with Gasteiger partial charge >= 0.3 is 0 Å². The minimum atomic E-state index is 0.666. The van der Waals surface area contributed by atoms with Crippen molar-refractivity contribution >= 4 is 0 Å². The van der Waals surface area contributed by atoms with Crippen molar-refractivity contribution in [3.8, 4) is 5.82 Å². The number of pyridine rings is 1. The van der Waals surface area contributed by atoms with Crippen LogP contribution in [0.1, 0.15) is 49.6 Å². The first kappa shape index (κ1) is 14.3. The third-order valence-corrected chi connectivity index (χ3v) is 3.72. The van der Waals surface area contributed by atoms with Gasteiger partial charge < -0.3 is 5.32 Å². The van der Waals surface area contributed by atoms with E-state index in [2.05, 4.69) is 47.4 Å². The molecule has 0 amide bonds. The number of rotatable bonds is 6. The van der Waals surface area contributed by atoms with E-state index in [1.807, 2.05) is 17.8 Å². The Bertz CT molecular complexity index is 611. The van der Waals surface area contributed by atoms with Gasteiger partial charge in [0, 0.05) is 24.4 Å². The van der Waals surface area contributed by atoms with Crippen LogP contribution in [-0.4, -0.2) is 21.3 Å². The second-order valence-corrected chi connectivity index (χ2v) is 6.46. The number of aryl methyl sites for hydroxylation is 1. The van der Waals surface area contributed by atoms with Crippen molar-refractivity contribution in [2.45, 2.75) is 46.1 Å². The molecule has 1 fully saturated rings. The Morgan fingerprint density at radius 2 is 2.14 bits per heavy atom. The zero-order chi connectivity index (χ0) is 14.8. The molecular formula is C17H24N4. The average Bonchev–Trinajstić information content (AvgIpc) is 3.15. The molecule has 1 aliphatic carbocycles. The molecule has 1 saturated carbocycles. The van der Waals surface area contributed by atoms with E-state index >= 15 is 0 Å². The van der Waals surface area contributed by atoms with Crippen LogP contribution in [0.25, 0.3) is 5.82 Å². The van der Waals surface area contributed by atoms with Gasteiger partial charge in [-0.3, -0.25) is 0 Å². The molecule has 1 N–H and O–H groups in total. The fraction of sp³-hybridized carbons (Fsp3) is 0.529. The van der Waals surface area contributed by atoms with Crippen LogP contribution in [-0.2, 0) is 6.54 Å². The summed E-state index contributed by atoms with van der Waals surface area (Å²) in [6.45, 7) is 8.40. The summed E-state index contributed by atoms with van der Waals surface area (Å²) in [6.07, 6.45) is 4.59. The van der Waals surface area contributed by atoms with Gasteiger partial charge in [0.15, 0.2) is 5.82 Å². The van der Waals surface area contributed by atoms with Crippen molar-refractivity contribution in [2.24, 2.45) is 5.92 Å². The van der Waals surface area contributed by atoms with Crippen LogP contribution >= 0.6 is 0 Å². The Morgan fingerprint density at radius 1 is 1.33 bits per heavy atom. The third-order valence-electron chi connectivity index (χ3n) is 3.72. The highest BCUT2D eigenvalue weighted by atomic mass is 15.3. The summed E-state index contributed by atoms with van der Waals surface area (Å²) in [5, 5.41) is 8.15. The van der Waals surface area contributed by atoms with Crippen LogP contribution in [0.2, 0.25) is 0 Å². The molecule has 4 heteroatoms. The highest BCUT2D eigenvalue weighted by Gasteiger charge is 2.26. The molecule has 0 spiro atoms. The van der Waals surface area contributed by atoms with Crippen LogP contribution in [0.5, 0.6) is 0 Å². The number of aromatic nitrogens is 3. The number of hydrogen-bond donors (Lipinski definition) is 1. The van der Waals surface area contributed by atoms with Gasteiger partial charge in [-0.2, -0.15) is 5.10 Å². The fourth-order valence-electron chi connectivity index (χ4n) is 2.51. The van der Waals surface area contributed by atoms with Crippen molar-refractivity contribution in [3.63, 3.8) is 0 Å². The first-order valence-corrected chi connectivity index (χ1v) is 7.86. The zero-order valence-electron chi connectivity index (χ0n) is 13.1. The van der Waals surface area contributed by atoms with Crippen molar-refractivity contribution in [2.75, 3.05) is 6.54 Å². The normalized spacial score (nSPS) is 14.9. The SMILES string of the molecule is Cc1cc(CNCC(C)C)cc(-n2ccc(C3CC3)n2)n1. The molecule has 0 unspecified atom stereocenters. The van der Waals surface area contributed by atoms with Crippen molar-refractivity contribution in [3.05, 3.63) is 41.3 Å². The number of nitrogens with zero attached hydrogens (tertiary/aromatic N) is 3. The zero-order valence-corrected chi connectivity index (χ0v) is 13.1. The predicted molar refractivity (Wildman–Crippen MR) is 84.6 cm³/mol. The molecular weight excluding hydrogens is 260 g/mol. The van der Waals surface area contributed by atoms with E-state index in [1.54, 1.807) is 0 Å². The lowest BCUT2D eigenvalue weighted by molar-refractivity contribution is 0.552. The molecule has 21 heavy (non-hydrogen) atoms. The molecule has 0 atom stereocenters. The first-order valence-electron chi connectivity index (χ1n) is 7.86. The Kier molecular flexibility index (Phi) is 4.06. The molecule has 1 aliphatic rings. The van der Waals surface area contributed by atoms with E-state index in [0.29, 0.717) is 11.8 Å². The molecule has 112 valence electrons. The quantitative estimate of drug-likeness (QED) is 0.886. The van der Waals surface area contributed by atoms with Gasteiger partial charge in [0.1, 0.15) is 0 Å². The molecule has 0 aliphatic heterocycles. The molecule has 0 bridgehead atoms. The molecule has 3 rings (SSSR count). The molecule has 2 heterocycles. The van der Waals surface area contributed by atoms with Gasteiger partial charge in [0.25, 0.3) is 0 Å². The Labute approximate surface area is 126 Å². The van der Waals surface area contributed by atoms with Gasteiger partial charge in [0.05, 0.1) is 5.69 Å². The summed E-state index contributed by atoms with van der Waals surface area (Å²) in [4.78, 5) is 4.61. The third kappa shape index (κ3) is 3.70. The maximum Gasteiger partial charge on any atom is 0.153 e. The minimum Gasteiger partial charge on any atom is -0.312 e. The smallest absolute Gasteiger partial charge is 0.153 e. The van der Waals surface area contributed by atoms with Gasteiger partial charge in [-0.05, 0) is 56.0 Å². The van der Waals surface area contributed by atoms with E-state index in [0.717, 1.165) is 24.6 Å². The summed E-state index contributed by atoms with van der Waals surface area (Å²) < 4.78 is 1.91. The summed E-state index contributed by atoms with van der Waals surface area (Å²) in [6, 6.07) is 6.39. The molecule has 0 saturated heterocycles. The standard InChI is InChI=1S/C17H24N4/c1-12(2)10-18-11-14-8-13(3)19-17(9-14)21-7-6-16(20-21)15-4-5-15/h6-9,12,15,18H,4-5,10-11H2,1-3H3. The fourth-order valence-corrected chi connectivity index (χ4v) is 2.51. The van der Waals surface area contributed by atoms with Crippen LogP contribution in [0.3, 0.4) is 0 Å². The van der Waals surface area contributed by atoms with Crippen molar-refractivity contribution < 1.29 is 0 Å². The number of nitrogens with one attached hydrogen (secondary N) is 1. The van der Waals surface area contributed by atoms with Crippen molar-refractivity contribution in [1.29, 1.82) is 0 Å². The predicted octanol–water partition coefficient (Wildman–Crippen LogP) is 3.20. The van der Waals surface area contributed by atoms with Crippen LogP contribution in [0.15, 0.2) is 24.4 Å². The Morgan fingerprint density at radius 3 is 2.86 bits per heavy atom. The van der Waals surface area contributed by atoms with E-state index in [-0.39, 0.29) is 0 Å². The van der Waals surface area contributed by atoms with Crippen LogP contribution in [0, 0.1) is 12.8 Å². The maximum absolute atomic E-state index is 4.67. The topological polar surface area (TPSA) is 42.7 Å². The average molecular weight is 284 g/mol. The molecule has 2 aromatic rings. The maximum atomic E-state index is 4.67. The first-order chi connectivity index (χ1) is 10.1. The lowest BCUT2D eigenvalue weighted by Crippen LogP contribution is -2.19. The highest BCUT2D eigenvalue weighted by Crippen LogP contribution is 2.38. The largest absolute Gasteiger partial charge is 0.312 e.